The number of rotatable bonds is 5. The fourth-order valence-electron chi connectivity index (χ4n) is 1.93. The quantitative estimate of drug-likeness (QED) is 0.902. The maximum absolute atomic E-state index is 11.4. The lowest BCUT2D eigenvalue weighted by molar-refractivity contribution is 0.166. The van der Waals surface area contributed by atoms with E-state index in [1.807, 2.05) is 35.7 Å². The maximum Gasteiger partial charge on any atom is 0.407 e. The molecule has 2 aromatic rings. The third-order valence-electron chi connectivity index (χ3n) is 2.93. The van der Waals surface area contributed by atoms with E-state index in [2.05, 4.69) is 22.2 Å². The van der Waals surface area contributed by atoms with Gasteiger partial charge in [-0.25, -0.2) is 4.79 Å². The van der Waals surface area contributed by atoms with Gasteiger partial charge in [-0.3, -0.25) is 0 Å². The van der Waals surface area contributed by atoms with Gasteiger partial charge in [0.05, 0.1) is 13.2 Å². The minimum atomic E-state index is -0.383. The molecule has 1 aromatic carbocycles. The molecule has 0 spiro atoms. The van der Waals surface area contributed by atoms with E-state index in [1.165, 1.54) is 12.7 Å². The molecule has 1 N–H and O–H groups in total. The molecule has 0 aliphatic rings. The van der Waals surface area contributed by atoms with Crippen molar-refractivity contribution < 1.29 is 9.53 Å². The molecule has 19 heavy (non-hydrogen) atoms. The molecule has 1 atom stereocenters. The van der Waals surface area contributed by atoms with Crippen LogP contribution in [0.15, 0.2) is 47.8 Å². The van der Waals surface area contributed by atoms with Crippen LogP contribution < -0.4 is 5.32 Å². The number of alkyl carbamates (subject to hydrolysis) is 1. The van der Waals surface area contributed by atoms with Crippen LogP contribution in [0, 0.1) is 0 Å². The van der Waals surface area contributed by atoms with Gasteiger partial charge in [0.15, 0.2) is 0 Å². The van der Waals surface area contributed by atoms with Crippen LogP contribution in [0.3, 0.4) is 0 Å². The number of methoxy groups -OCH3 is 1. The number of carbonyl (C=O) groups excluding carboxylic acids is 1. The normalized spacial score (nSPS) is 11.8. The highest BCUT2D eigenvalue weighted by molar-refractivity contribution is 7.10. The van der Waals surface area contributed by atoms with Crippen LogP contribution in [0.1, 0.15) is 22.9 Å². The smallest absolute Gasteiger partial charge is 0.407 e. The molecular formula is C15H17NO2S. The molecule has 4 heteroatoms. The van der Waals surface area contributed by atoms with Crippen molar-refractivity contribution in [2.75, 3.05) is 7.11 Å². The van der Waals surface area contributed by atoms with Gasteiger partial charge in [-0.15, -0.1) is 11.3 Å². The number of ether oxygens (including phenoxy) is 1. The molecule has 1 unspecified atom stereocenters. The van der Waals surface area contributed by atoms with Gasteiger partial charge < -0.3 is 10.1 Å². The molecule has 0 radical (unpaired) electrons. The van der Waals surface area contributed by atoms with Gasteiger partial charge in [-0.05, 0) is 29.9 Å². The van der Waals surface area contributed by atoms with E-state index in [0.717, 1.165) is 17.7 Å². The van der Waals surface area contributed by atoms with Crippen LogP contribution in [0.25, 0.3) is 0 Å². The molecule has 1 aromatic heterocycles. The largest absolute Gasteiger partial charge is 0.453 e. The minimum Gasteiger partial charge on any atom is -0.453 e. The number of hydrogen-bond acceptors (Lipinski definition) is 3. The summed E-state index contributed by atoms with van der Waals surface area (Å²) < 4.78 is 4.69. The number of hydrogen-bond donors (Lipinski definition) is 1. The highest BCUT2D eigenvalue weighted by Crippen LogP contribution is 2.23. The van der Waals surface area contributed by atoms with E-state index < -0.39 is 0 Å². The van der Waals surface area contributed by atoms with E-state index >= 15 is 0 Å². The van der Waals surface area contributed by atoms with E-state index in [0.29, 0.717) is 0 Å². The summed E-state index contributed by atoms with van der Waals surface area (Å²) in [6, 6.07) is 14.3. The second kappa shape index (κ2) is 6.95. The van der Waals surface area contributed by atoms with Gasteiger partial charge in [0.25, 0.3) is 0 Å². The SMILES string of the molecule is COC(=O)NC(CCc1ccccc1)c1cccs1. The second-order valence-electron chi connectivity index (χ2n) is 4.23. The average Bonchev–Trinajstić information content (AvgIpc) is 2.98. The van der Waals surface area contributed by atoms with Crippen LogP contribution in [-0.2, 0) is 11.2 Å². The summed E-state index contributed by atoms with van der Waals surface area (Å²) in [6.07, 6.45) is 1.40. The molecule has 0 saturated carbocycles. The van der Waals surface area contributed by atoms with E-state index in [9.17, 15) is 4.79 Å². The summed E-state index contributed by atoms with van der Waals surface area (Å²) in [4.78, 5) is 12.6. The second-order valence-corrected chi connectivity index (χ2v) is 5.21. The van der Waals surface area contributed by atoms with Gasteiger partial charge in [-0.1, -0.05) is 36.4 Å². The van der Waals surface area contributed by atoms with Crippen LogP contribution in [0.5, 0.6) is 0 Å². The standard InChI is InChI=1S/C15H17NO2S/c1-18-15(17)16-13(14-8-5-11-19-14)10-9-12-6-3-2-4-7-12/h2-8,11,13H,9-10H2,1H3,(H,16,17). The highest BCUT2D eigenvalue weighted by Gasteiger charge is 2.15. The lowest BCUT2D eigenvalue weighted by Crippen LogP contribution is -2.28. The number of thiophene rings is 1. The number of amides is 1. The Morgan fingerprint density at radius 3 is 2.68 bits per heavy atom. The Morgan fingerprint density at radius 2 is 2.05 bits per heavy atom. The van der Waals surface area contributed by atoms with Crippen molar-refractivity contribution in [1.29, 1.82) is 0 Å². The zero-order valence-electron chi connectivity index (χ0n) is 10.8. The number of nitrogens with one attached hydrogen (secondary N) is 1. The molecule has 3 nitrogen and oxygen atoms in total. The lowest BCUT2D eigenvalue weighted by Gasteiger charge is -2.16. The predicted molar refractivity (Wildman–Crippen MR) is 77.4 cm³/mol. The first-order valence-electron chi connectivity index (χ1n) is 6.21. The summed E-state index contributed by atoms with van der Waals surface area (Å²) in [5.74, 6) is 0. The van der Waals surface area contributed by atoms with Crippen LogP contribution in [0.4, 0.5) is 4.79 Å². The van der Waals surface area contributed by atoms with Crippen LogP contribution >= 0.6 is 11.3 Å². The summed E-state index contributed by atoms with van der Waals surface area (Å²) in [7, 11) is 1.39. The lowest BCUT2D eigenvalue weighted by atomic mass is 10.0. The maximum atomic E-state index is 11.4. The zero-order chi connectivity index (χ0) is 13.5. The predicted octanol–water partition coefficient (Wildman–Crippen LogP) is 3.78. The first kappa shape index (κ1) is 13.6. The number of carbonyl (C=O) groups is 1. The summed E-state index contributed by atoms with van der Waals surface area (Å²) in [6.45, 7) is 0. The zero-order valence-corrected chi connectivity index (χ0v) is 11.7. The van der Waals surface area contributed by atoms with Crippen LogP contribution in [-0.4, -0.2) is 13.2 Å². The van der Waals surface area contributed by atoms with Gasteiger partial charge >= 0.3 is 6.09 Å². The van der Waals surface area contributed by atoms with Gasteiger partial charge in [0.2, 0.25) is 0 Å². The first-order chi connectivity index (χ1) is 9.29. The Hall–Kier alpha value is -1.81. The summed E-state index contributed by atoms with van der Waals surface area (Å²) in [5.41, 5.74) is 1.27. The van der Waals surface area contributed by atoms with E-state index in [4.69, 9.17) is 0 Å². The van der Waals surface area contributed by atoms with Crippen molar-refractivity contribution in [1.82, 2.24) is 5.32 Å². The molecule has 2 rings (SSSR count). The Bertz CT molecular complexity index is 496. The number of aryl methyl sites for hydroxylation is 1. The molecule has 0 aliphatic heterocycles. The van der Waals surface area contributed by atoms with Gasteiger partial charge in [0, 0.05) is 4.88 Å². The molecule has 0 fully saturated rings. The highest BCUT2D eigenvalue weighted by atomic mass is 32.1. The molecule has 100 valence electrons. The molecule has 0 aliphatic carbocycles. The van der Waals surface area contributed by atoms with Crippen molar-refractivity contribution >= 4 is 17.4 Å². The van der Waals surface area contributed by atoms with Crippen molar-refractivity contribution in [2.45, 2.75) is 18.9 Å². The molecule has 1 amide bonds. The molecular weight excluding hydrogens is 258 g/mol. The Kier molecular flexibility index (Phi) is 4.98. The van der Waals surface area contributed by atoms with Crippen molar-refractivity contribution in [2.24, 2.45) is 0 Å². The average molecular weight is 275 g/mol. The van der Waals surface area contributed by atoms with Crippen LogP contribution in [0.2, 0.25) is 0 Å². The van der Waals surface area contributed by atoms with E-state index in [-0.39, 0.29) is 12.1 Å². The van der Waals surface area contributed by atoms with Gasteiger partial charge in [0.1, 0.15) is 0 Å². The Morgan fingerprint density at radius 1 is 1.26 bits per heavy atom. The van der Waals surface area contributed by atoms with Gasteiger partial charge in [-0.2, -0.15) is 0 Å². The topological polar surface area (TPSA) is 38.3 Å². The Balaban J connectivity index is 2.00. The number of benzene rings is 1. The van der Waals surface area contributed by atoms with E-state index in [1.54, 1.807) is 11.3 Å². The fourth-order valence-corrected chi connectivity index (χ4v) is 2.74. The molecule has 0 bridgehead atoms. The Labute approximate surface area is 117 Å². The first-order valence-corrected chi connectivity index (χ1v) is 7.09. The third kappa shape index (κ3) is 4.10. The molecule has 0 saturated heterocycles. The fraction of sp³-hybridized carbons (Fsp3) is 0.267. The third-order valence-corrected chi connectivity index (χ3v) is 3.91. The van der Waals surface area contributed by atoms with Crippen molar-refractivity contribution in [3.05, 3.63) is 58.3 Å². The summed E-state index contributed by atoms with van der Waals surface area (Å²) >= 11 is 1.65. The monoisotopic (exact) mass is 275 g/mol. The molecule has 1 heterocycles. The summed E-state index contributed by atoms with van der Waals surface area (Å²) in [5, 5.41) is 4.91. The van der Waals surface area contributed by atoms with Crippen molar-refractivity contribution in [3.8, 4) is 0 Å². The van der Waals surface area contributed by atoms with Crippen molar-refractivity contribution in [3.63, 3.8) is 0 Å². The minimum absolute atomic E-state index is 0.00709.